The summed E-state index contributed by atoms with van der Waals surface area (Å²) in [6.45, 7) is 5.12. The number of nitrogens with zero attached hydrogens (tertiary/aromatic N) is 3. The molecule has 0 spiro atoms. The van der Waals surface area contributed by atoms with Crippen LogP contribution >= 0.6 is 0 Å². The van der Waals surface area contributed by atoms with Crippen LogP contribution < -0.4 is 10.1 Å². The maximum atomic E-state index is 13.1. The van der Waals surface area contributed by atoms with Gasteiger partial charge in [0.25, 0.3) is 5.91 Å². The van der Waals surface area contributed by atoms with Crippen molar-refractivity contribution in [2.75, 3.05) is 0 Å². The summed E-state index contributed by atoms with van der Waals surface area (Å²) in [5.74, 6) is 1.03. The van der Waals surface area contributed by atoms with Gasteiger partial charge in [-0.3, -0.25) is 9.48 Å². The zero-order valence-electron chi connectivity index (χ0n) is 20.8. The Balaban J connectivity index is 1.27. The zero-order chi connectivity index (χ0) is 25.6. The lowest BCUT2D eigenvalue weighted by Crippen LogP contribution is -2.23. The van der Waals surface area contributed by atoms with Gasteiger partial charge in [-0.25, -0.2) is 0 Å². The summed E-state index contributed by atoms with van der Waals surface area (Å²) in [4.78, 5) is 13.1. The van der Waals surface area contributed by atoms with Crippen molar-refractivity contribution in [3.63, 3.8) is 0 Å². The van der Waals surface area contributed by atoms with E-state index in [1.165, 1.54) is 5.56 Å². The van der Waals surface area contributed by atoms with Crippen LogP contribution in [-0.2, 0) is 19.7 Å². The van der Waals surface area contributed by atoms with Gasteiger partial charge < -0.3 is 14.6 Å². The van der Waals surface area contributed by atoms with Crippen LogP contribution in [0.1, 0.15) is 38.5 Å². The standard InChI is InChI=1S/C30H28N4O3/c1-21-28(22(2)37-33-21)20-36-29-11-6-5-10-27(29)30(35)31-18-25-8-3-4-9-26(25)24-14-12-23(13-15-24)19-34-17-7-16-32-34/h3-17H,18-20H2,1-2H3,(H,31,35). The first kappa shape index (κ1) is 24.1. The van der Waals surface area contributed by atoms with E-state index in [9.17, 15) is 4.79 Å². The second-order valence-electron chi connectivity index (χ2n) is 8.83. The molecule has 0 atom stereocenters. The van der Waals surface area contributed by atoms with Crippen LogP contribution in [0.25, 0.3) is 11.1 Å². The second-order valence-corrected chi connectivity index (χ2v) is 8.83. The molecule has 7 nitrogen and oxygen atoms in total. The number of benzene rings is 3. The Labute approximate surface area is 215 Å². The van der Waals surface area contributed by atoms with Crippen LogP contribution in [0.3, 0.4) is 0 Å². The molecule has 0 radical (unpaired) electrons. The number of hydrogen-bond donors (Lipinski definition) is 1. The van der Waals surface area contributed by atoms with Crippen molar-refractivity contribution >= 4 is 5.91 Å². The van der Waals surface area contributed by atoms with Gasteiger partial charge in [-0.05, 0) is 54.3 Å². The first-order chi connectivity index (χ1) is 18.1. The molecule has 2 aromatic heterocycles. The predicted molar refractivity (Wildman–Crippen MR) is 141 cm³/mol. The highest BCUT2D eigenvalue weighted by molar-refractivity contribution is 5.97. The Kier molecular flexibility index (Phi) is 7.12. The Hall–Kier alpha value is -4.65. The smallest absolute Gasteiger partial charge is 0.255 e. The van der Waals surface area contributed by atoms with Gasteiger partial charge in [-0.2, -0.15) is 5.10 Å². The van der Waals surface area contributed by atoms with Crippen molar-refractivity contribution in [2.24, 2.45) is 0 Å². The van der Waals surface area contributed by atoms with E-state index in [4.69, 9.17) is 9.26 Å². The third-order valence-electron chi connectivity index (χ3n) is 6.31. The molecule has 1 amide bonds. The third-order valence-corrected chi connectivity index (χ3v) is 6.31. The van der Waals surface area contributed by atoms with Gasteiger partial charge in [-0.15, -0.1) is 0 Å². The molecule has 186 valence electrons. The molecule has 1 N–H and O–H groups in total. The van der Waals surface area contributed by atoms with Crippen molar-refractivity contribution in [3.8, 4) is 16.9 Å². The minimum atomic E-state index is -0.196. The molecule has 0 bridgehead atoms. The number of aryl methyl sites for hydroxylation is 2. The molecule has 0 unspecified atom stereocenters. The molecule has 0 aliphatic rings. The number of amides is 1. The summed E-state index contributed by atoms with van der Waals surface area (Å²) < 4.78 is 13.1. The fraction of sp³-hybridized carbons (Fsp3) is 0.167. The van der Waals surface area contributed by atoms with Gasteiger partial charge >= 0.3 is 0 Å². The Morgan fingerprint density at radius 1 is 0.973 bits per heavy atom. The van der Waals surface area contributed by atoms with Crippen LogP contribution in [0.15, 0.2) is 95.8 Å². The van der Waals surface area contributed by atoms with Crippen molar-refractivity contribution in [2.45, 2.75) is 33.5 Å². The van der Waals surface area contributed by atoms with Gasteiger partial charge in [0.2, 0.25) is 0 Å². The molecule has 0 saturated carbocycles. The van der Waals surface area contributed by atoms with Crippen molar-refractivity contribution in [3.05, 3.63) is 125 Å². The Morgan fingerprint density at radius 3 is 2.51 bits per heavy atom. The lowest BCUT2D eigenvalue weighted by molar-refractivity contribution is 0.0946. The zero-order valence-corrected chi connectivity index (χ0v) is 20.8. The van der Waals surface area contributed by atoms with Gasteiger partial charge in [0.1, 0.15) is 18.1 Å². The van der Waals surface area contributed by atoms with Crippen LogP contribution in [0.2, 0.25) is 0 Å². The quantitative estimate of drug-likeness (QED) is 0.285. The first-order valence-corrected chi connectivity index (χ1v) is 12.1. The summed E-state index contributed by atoms with van der Waals surface area (Å²) in [5, 5.41) is 11.3. The average Bonchev–Trinajstić information content (AvgIpc) is 3.56. The first-order valence-electron chi connectivity index (χ1n) is 12.1. The molecule has 5 rings (SSSR count). The second kappa shape index (κ2) is 11.0. The van der Waals surface area contributed by atoms with Crippen molar-refractivity contribution in [1.82, 2.24) is 20.3 Å². The molecule has 0 saturated heterocycles. The van der Waals surface area contributed by atoms with Crippen molar-refractivity contribution < 1.29 is 14.1 Å². The molecule has 0 aliphatic heterocycles. The monoisotopic (exact) mass is 492 g/mol. The minimum Gasteiger partial charge on any atom is -0.488 e. The van der Waals surface area contributed by atoms with E-state index in [0.717, 1.165) is 34.5 Å². The number of carbonyl (C=O) groups excluding carboxylic acids is 1. The number of para-hydroxylation sites is 1. The van der Waals surface area contributed by atoms with E-state index < -0.39 is 0 Å². The molecule has 5 aromatic rings. The molecule has 2 heterocycles. The van der Waals surface area contributed by atoms with E-state index in [1.54, 1.807) is 18.3 Å². The minimum absolute atomic E-state index is 0.196. The molecule has 37 heavy (non-hydrogen) atoms. The van der Waals surface area contributed by atoms with E-state index in [1.807, 2.05) is 61.1 Å². The van der Waals surface area contributed by atoms with Crippen LogP contribution in [-0.4, -0.2) is 20.8 Å². The fourth-order valence-corrected chi connectivity index (χ4v) is 4.24. The molecular formula is C30H28N4O3. The number of nitrogens with one attached hydrogen (secondary N) is 1. The maximum Gasteiger partial charge on any atom is 0.255 e. The summed E-state index contributed by atoms with van der Waals surface area (Å²) in [6, 6.07) is 25.7. The van der Waals surface area contributed by atoms with E-state index >= 15 is 0 Å². The summed E-state index contributed by atoms with van der Waals surface area (Å²) in [6.07, 6.45) is 3.73. The maximum absolute atomic E-state index is 13.1. The highest BCUT2D eigenvalue weighted by Gasteiger charge is 2.15. The van der Waals surface area contributed by atoms with Crippen LogP contribution in [0.4, 0.5) is 0 Å². The summed E-state index contributed by atoms with van der Waals surface area (Å²) in [7, 11) is 0. The fourth-order valence-electron chi connectivity index (χ4n) is 4.24. The Morgan fingerprint density at radius 2 is 1.76 bits per heavy atom. The highest BCUT2D eigenvalue weighted by Crippen LogP contribution is 2.25. The van der Waals surface area contributed by atoms with Gasteiger partial charge in [0.05, 0.1) is 23.4 Å². The number of hydrogen-bond acceptors (Lipinski definition) is 5. The Bertz CT molecular complexity index is 1470. The third kappa shape index (κ3) is 5.62. The lowest BCUT2D eigenvalue weighted by Gasteiger charge is -2.14. The SMILES string of the molecule is Cc1noc(C)c1COc1ccccc1C(=O)NCc1ccccc1-c1ccc(Cn2cccn2)cc1. The number of rotatable bonds is 9. The van der Waals surface area contributed by atoms with E-state index in [-0.39, 0.29) is 12.5 Å². The van der Waals surface area contributed by atoms with Gasteiger partial charge in [0.15, 0.2) is 0 Å². The molecular weight excluding hydrogens is 464 g/mol. The van der Waals surface area contributed by atoms with Crippen LogP contribution in [0.5, 0.6) is 5.75 Å². The van der Waals surface area contributed by atoms with Crippen molar-refractivity contribution in [1.29, 1.82) is 0 Å². The number of ether oxygens (including phenoxy) is 1. The van der Waals surface area contributed by atoms with Gasteiger partial charge in [0, 0.05) is 18.9 Å². The summed E-state index contributed by atoms with van der Waals surface area (Å²) >= 11 is 0. The summed E-state index contributed by atoms with van der Waals surface area (Å²) in [5.41, 5.74) is 6.53. The predicted octanol–water partition coefficient (Wildman–Crippen LogP) is 5.71. The molecule has 7 heteroatoms. The number of carbonyl (C=O) groups is 1. The molecule has 0 aliphatic carbocycles. The average molecular weight is 493 g/mol. The van der Waals surface area contributed by atoms with Crippen LogP contribution in [0, 0.1) is 13.8 Å². The lowest BCUT2D eigenvalue weighted by atomic mass is 9.98. The van der Waals surface area contributed by atoms with E-state index in [2.05, 4.69) is 45.9 Å². The highest BCUT2D eigenvalue weighted by atomic mass is 16.5. The normalized spacial score (nSPS) is 10.9. The molecule has 3 aromatic carbocycles. The topological polar surface area (TPSA) is 82.2 Å². The van der Waals surface area contributed by atoms with Gasteiger partial charge in [-0.1, -0.05) is 65.8 Å². The molecule has 0 fully saturated rings. The largest absolute Gasteiger partial charge is 0.488 e. The van der Waals surface area contributed by atoms with E-state index in [0.29, 0.717) is 23.6 Å². The number of aromatic nitrogens is 3.